The molecule has 5 atom stereocenters. The lowest BCUT2D eigenvalue weighted by Gasteiger charge is -2.39. The van der Waals surface area contributed by atoms with E-state index in [0.717, 1.165) is 5.56 Å². The molecule has 0 spiro atoms. The van der Waals surface area contributed by atoms with E-state index in [9.17, 15) is 15.3 Å². The first-order chi connectivity index (χ1) is 8.59. The lowest BCUT2D eigenvalue weighted by Crippen LogP contribution is -2.57. The van der Waals surface area contributed by atoms with Gasteiger partial charge in [0.25, 0.3) is 0 Å². The second-order valence-electron chi connectivity index (χ2n) is 4.47. The Balaban J connectivity index is 1.98. The minimum Gasteiger partial charge on any atom is -0.388 e. The Bertz CT molecular complexity index is 355. The summed E-state index contributed by atoms with van der Waals surface area (Å²) in [6.45, 7) is 1.89. The fourth-order valence-electron chi connectivity index (χ4n) is 1.98. The molecule has 1 fully saturated rings. The van der Waals surface area contributed by atoms with Crippen LogP contribution in [0.1, 0.15) is 12.5 Å². The first-order valence-electron chi connectivity index (χ1n) is 5.95. The Hall–Kier alpha value is -0.980. The number of rotatable bonds is 3. The van der Waals surface area contributed by atoms with Crippen LogP contribution in [0.5, 0.6) is 0 Å². The van der Waals surface area contributed by atoms with Gasteiger partial charge >= 0.3 is 0 Å². The SMILES string of the molecule is C[C@@H]1OC(O)[C@H](O)[C@H](OCc2ccccc2)[C@H]1O. The van der Waals surface area contributed by atoms with Crippen LogP contribution >= 0.6 is 0 Å². The standard InChI is InChI=1S/C13H18O5/c1-8-10(14)12(11(15)13(16)18-8)17-7-9-5-3-2-4-6-9/h2-6,8,10-16H,7H2,1H3/t8-,10-,11+,12+,13?/m0/s1. The summed E-state index contributed by atoms with van der Waals surface area (Å²) in [5.41, 5.74) is 0.936. The van der Waals surface area contributed by atoms with Gasteiger partial charge in [-0.25, -0.2) is 0 Å². The molecule has 100 valence electrons. The normalized spacial score (nSPS) is 36.6. The van der Waals surface area contributed by atoms with Gasteiger partial charge in [-0.05, 0) is 12.5 Å². The molecule has 5 heteroatoms. The van der Waals surface area contributed by atoms with Crippen molar-refractivity contribution in [1.29, 1.82) is 0 Å². The van der Waals surface area contributed by atoms with Crippen molar-refractivity contribution in [3.8, 4) is 0 Å². The minimum absolute atomic E-state index is 0.263. The van der Waals surface area contributed by atoms with Crippen LogP contribution < -0.4 is 0 Å². The first kappa shape index (κ1) is 13.5. The van der Waals surface area contributed by atoms with Gasteiger partial charge in [0.05, 0.1) is 12.7 Å². The highest BCUT2D eigenvalue weighted by molar-refractivity contribution is 5.13. The zero-order valence-corrected chi connectivity index (χ0v) is 10.1. The monoisotopic (exact) mass is 254 g/mol. The maximum Gasteiger partial charge on any atom is 0.183 e. The highest BCUT2D eigenvalue weighted by Gasteiger charge is 2.42. The molecule has 1 unspecified atom stereocenters. The largest absolute Gasteiger partial charge is 0.388 e. The van der Waals surface area contributed by atoms with E-state index in [0.29, 0.717) is 0 Å². The molecule has 1 heterocycles. The van der Waals surface area contributed by atoms with Gasteiger partial charge in [0.15, 0.2) is 6.29 Å². The Morgan fingerprint density at radius 3 is 2.44 bits per heavy atom. The van der Waals surface area contributed by atoms with E-state index in [-0.39, 0.29) is 6.61 Å². The van der Waals surface area contributed by atoms with Crippen molar-refractivity contribution in [2.75, 3.05) is 0 Å². The minimum atomic E-state index is -1.33. The fourth-order valence-corrected chi connectivity index (χ4v) is 1.98. The fraction of sp³-hybridized carbons (Fsp3) is 0.538. The van der Waals surface area contributed by atoms with Crippen LogP contribution in [0.2, 0.25) is 0 Å². The topological polar surface area (TPSA) is 79.2 Å². The van der Waals surface area contributed by atoms with Crippen molar-refractivity contribution in [1.82, 2.24) is 0 Å². The van der Waals surface area contributed by atoms with Gasteiger partial charge in [0.2, 0.25) is 0 Å². The number of ether oxygens (including phenoxy) is 2. The third-order valence-corrected chi connectivity index (χ3v) is 3.09. The van der Waals surface area contributed by atoms with Gasteiger partial charge in [0, 0.05) is 0 Å². The summed E-state index contributed by atoms with van der Waals surface area (Å²) in [6, 6.07) is 9.43. The molecular formula is C13H18O5. The van der Waals surface area contributed by atoms with Gasteiger partial charge in [-0.1, -0.05) is 30.3 Å². The van der Waals surface area contributed by atoms with Crippen molar-refractivity contribution in [2.24, 2.45) is 0 Å². The third kappa shape index (κ3) is 2.88. The van der Waals surface area contributed by atoms with Crippen LogP contribution in [0.15, 0.2) is 30.3 Å². The van der Waals surface area contributed by atoms with E-state index in [1.807, 2.05) is 30.3 Å². The Morgan fingerprint density at radius 1 is 1.11 bits per heavy atom. The van der Waals surface area contributed by atoms with Crippen LogP contribution in [-0.4, -0.2) is 46.0 Å². The molecule has 0 aromatic heterocycles. The van der Waals surface area contributed by atoms with Gasteiger partial charge in [0.1, 0.15) is 18.3 Å². The number of hydrogen-bond donors (Lipinski definition) is 3. The molecule has 0 aliphatic carbocycles. The highest BCUT2D eigenvalue weighted by atomic mass is 16.6. The second kappa shape index (κ2) is 5.77. The average Bonchev–Trinajstić information content (AvgIpc) is 2.38. The summed E-state index contributed by atoms with van der Waals surface area (Å²) >= 11 is 0. The van der Waals surface area contributed by atoms with Gasteiger partial charge in [-0.3, -0.25) is 0 Å². The van der Waals surface area contributed by atoms with Gasteiger partial charge in [-0.2, -0.15) is 0 Å². The van der Waals surface area contributed by atoms with E-state index < -0.39 is 30.7 Å². The van der Waals surface area contributed by atoms with Crippen LogP contribution in [0.25, 0.3) is 0 Å². The van der Waals surface area contributed by atoms with E-state index in [1.165, 1.54) is 0 Å². The molecule has 3 N–H and O–H groups in total. The highest BCUT2D eigenvalue weighted by Crippen LogP contribution is 2.23. The average molecular weight is 254 g/mol. The lowest BCUT2D eigenvalue weighted by molar-refractivity contribution is -0.287. The molecule has 1 aromatic carbocycles. The van der Waals surface area contributed by atoms with Gasteiger partial charge in [-0.15, -0.1) is 0 Å². The predicted octanol–water partition coefficient (Wildman–Crippen LogP) is 0.0307. The smallest absolute Gasteiger partial charge is 0.183 e. The summed E-state index contributed by atoms with van der Waals surface area (Å²) < 4.78 is 10.5. The Kier molecular flexibility index (Phi) is 4.31. The molecule has 0 saturated carbocycles. The van der Waals surface area contributed by atoms with Crippen LogP contribution in [0, 0.1) is 0 Å². The zero-order chi connectivity index (χ0) is 13.1. The van der Waals surface area contributed by atoms with Crippen molar-refractivity contribution in [3.05, 3.63) is 35.9 Å². The number of aliphatic hydroxyl groups is 3. The predicted molar refractivity (Wildman–Crippen MR) is 63.6 cm³/mol. The molecular weight excluding hydrogens is 236 g/mol. The van der Waals surface area contributed by atoms with Gasteiger partial charge < -0.3 is 24.8 Å². The Labute approximate surface area is 106 Å². The van der Waals surface area contributed by atoms with Crippen molar-refractivity contribution < 1.29 is 24.8 Å². The van der Waals surface area contributed by atoms with Crippen LogP contribution in [0.4, 0.5) is 0 Å². The molecule has 1 aromatic rings. The van der Waals surface area contributed by atoms with Crippen molar-refractivity contribution in [2.45, 2.75) is 44.2 Å². The van der Waals surface area contributed by atoms with Crippen LogP contribution in [-0.2, 0) is 16.1 Å². The Morgan fingerprint density at radius 2 is 1.78 bits per heavy atom. The number of benzene rings is 1. The first-order valence-corrected chi connectivity index (χ1v) is 5.95. The molecule has 0 radical (unpaired) electrons. The maximum atomic E-state index is 9.88. The van der Waals surface area contributed by atoms with Crippen LogP contribution in [0.3, 0.4) is 0 Å². The summed E-state index contributed by atoms with van der Waals surface area (Å²) in [4.78, 5) is 0. The molecule has 1 aliphatic heterocycles. The second-order valence-corrected chi connectivity index (χ2v) is 4.47. The molecule has 18 heavy (non-hydrogen) atoms. The van der Waals surface area contributed by atoms with E-state index in [2.05, 4.69) is 0 Å². The quantitative estimate of drug-likeness (QED) is 0.709. The van der Waals surface area contributed by atoms with Crippen molar-refractivity contribution in [3.63, 3.8) is 0 Å². The molecule has 5 nitrogen and oxygen atoms in total. The van der Waals surface area contributed by atoms with E-state index in [4.69, 9.17) is 9.47 Å². The summed E-state index contributed by atoms with van der Waals surface area (Å²) in [5.74, 6) is 0. The summed E-state index contributed by atoms with van der Waals surface area (Å²) in [5, 5.41) is 29.1. The molecule has 1 aliphatic rings. The van der Waals surface area contributed by atoms with Crippen molar-refractivity contribution >= 4 is 0 Å². The molecule has 0 amide bonds. The molecule has 1 saturated heterocycles. The molecule has 2 rings (SSSR count). The van der Waals surface area contributed by atoms with E-state index >= 15 is 0 Å². The zero-order valence-electron chi connectivity index (χ0n) is 10.1. The molecule has 0 bridgehead atoms. The lowest BCUT2D eigenvalue weighted by atomic mass is 10.00. The number of aliphatic hydroxyl groups excluding tert-OH is 3. The summed E-state index contributed by atoms with van der Waals surface area (Å²) in [6.07, 6.45) is -4.98. The summed E-state index contributed by atoms with van der Waals surface area (Å²) in [7, 11) is 0. The third-order valence-electron chi connectivity index (χ3n) is 3.09. The number of hydrogen-bond acceptors (Lipinski definition) is 5. The maximum absolute atomic E-state index is 9.88. The van der Waals surface area contributed by atoms with E-state index in [1.54, 1.807) is 6.92 Å².